The molecule has 10 nitrogen and oxygen atoms in total. The maximum Gasteiger partial charge on any atom is 0.409 e. The summed E-state index contributed by atoms with van der Waals surface area (Å²) in [6.07, 6.45) is -4.18. The van der Waals surface area contributed by atoms with Crippen molar-refractivity contribution >= 4 is 28.1 Å². The smallest absolute Gasteiger partial charge is 0.409 e. The third-order valence-corrected chi connectivity index (χ3v) is 4.48. The number of methoxy groups -OCH3 is 2. The lowest BCUT2D eigenvalue weighted by Crippen LogP contribution is -2.35. The number of hydrogen-bond acceptors (Lipinski definition) is 8. The van der Waals surface area contributed by atoms with Crippen LogP contribution in [-0.2, 0) is 10.0 Å². The van der Waals surface area contributed by atoms with Crippen molar-refractivity contribution in [3.63, 3.8) is 0 Å². The molecule has 1 aromatic carbocycles. The summed E-state index contributed by atoms with van der Waals surface area (Å²) >= 11 is 0. The van der Waals surface area contributed by atoms with E-state index in [2.05, 4.69) is 15.0 Å². The molecule has 2 rings (SSSR count). The van der Waals surface area contributed by atoms with Crippen molar-refractivity contribution in [1.82, 2.24) is 19.7 Å². The number of halogens is 3. The Bertz CT molecular complexity index is 1000. The van der Waals surface area contributed by atoms with E-state index in [1.165, 1.54) is 26.4 Å². The Morgan fingerprint density at radius 3 is 2.21 bits per heavy atom. The molecule has 14 heteroatoms. The van der Waals surface area contributed by atoms with Crippen LogP contribution in [0, 0.1) is 0 Å². The molecule has 0 saturated carbocycles. The van der Waals surface area contributed by atoms with E-state index in [-0.39, 0.29) is 29.6 Å². The van der Waals surface area contributed by atoms with Gasteiger partial charge in [0.1, 0.15) is 0 Å². The van der Waals surface area contributed by atoms with Gasteiger partial charge in [0, 0.05) is 6.08 Å². The van der Waals surface area contributed by atoms with Gasteiger partial charge < -0.3 is 9.47 Å². The fourth-order valence-electron chi connectivity index (χ4n) is 1.93. The van der Waals surface area contributed by atoms with Crippen LogP contribution in [0.2, 0.25) is 0 Å². The van der Waals surface area contributed by atoms with Gasteiger partial charge in [-0.1, -0.05) is 18.2 Å². The average Bonchev–Trinajstić information content (AvgIpc) is 2.65. The van der Waals surface area contributed by atoms with Gasteiger partial charge in [-0.05, 0) is 17.7 Å². The normalized spacial score (nSPS) is 11.9. The first-order valence-electron chi connectivity index (χ1n) is 7.57. The molecule has 2 amide bonds. The summed E-state index contributed by atoms with van der Waals surface area (Å²) in [5, 5.41) is 2.04. The van der Waals surface area contributed by atoms with E-state index in [4.69, 9.17) is 9.47 Å². The highest BCUT2D eigenvalue weighted by atomic mass is 32.2. The van der Waals surface area contributed by atoms with Crippen LogP contribution in [0.3, 0.4) is 0 Å². The molecule has 0 aliphatic rings. The van der Waals surface area contributed by atoms with Gasteiger partial charge in [-0.25, -0.2) is 17.9 Å². The largest absolute Gasteiger partial charge is 0.467 e. The van der Waals surface area contributed by atoms with E-state index >= 15 is 0 Å². The SMILES string of the molecule is COc1nc(NC(=O)NS(=O)(=O)c2ccccc2C=CC(F)(F)F)nc(OC)n1. The number of ether oxygens (including phenoxy) is 2. The second-order valence-corrected chi connectivity index (χ2v) is 6.76. The van der Waals surface area contributed by atoms with Crippen molar-refractivity contribution < 1.29 is 35.9 Å². The molecule has 0 atom stereocenters. The Kier molecular flexibility index (Phi) is 6.58. The number of sulfonamides is 1. The first-order chi connectivity index (χ1) is 13.5. The molecule has 0 unspecified atom stereocenters. The number of rotatable bonds is 6. The van der Waals surface area contributed by atoms with E-state index < -0.39 is 27.1 Å². The van der Waals surface area contributed by atoms with Gasteiger partial charge in [-0.3, -0.25) is 5.32 Å². The van der Waals surface area contributed by atoms with E-state index in [1.54, 1.807) is 4.72 Å². The van der Waals surface area contributed by atoms with Crippen molar-refractivity contribution in [1.29, 1.82) is 0 Å². The molecule has 156 valence electrons. The number of nitrogens with one attached hydrogen (secondary N) is 2. The van der Waals surface area contributed by atoms with Gasteiger partial charge >= 0.3 is 24.2 Å². The van der Waals surface area contributed by atoms with Crippen molar-refractivity contribution in [2.24, 2.45) is 0 Å². The Morgan fingerprint density at radius 1 is 1.07 bits per heavy atom. The number of urea groups is 1. The number of benzene rings is 1. The fourth-order valence-corrected chi connectivity index (χ4v) is 3.04. The maximum atomic E-state index is 12.4. The standard InChI is InChI=1S/C15H14F3N5O5S/c1-27-13-20-11(21-14(22-13)28-2)19-12(24)23-29(25,26)10-6-4-3-5-9(10)7-8-15(16,17)18/h3-8H,1-2H3,(H2,19,20,21,22,23,24). The van der Waals surface area contributed by atoms with Crippen molar-refractivity contribution in [2.45, 2.75) is 11.1 Å². The van der Waals surface area contributed by atoms with Crippen LogP contribution < -0.4 is 19.5 Å². The zero-order valence-electron chi connectivity index (χ0n) is 14.9. The number of hydrogen-bond donors (Lipinski definition) is 2. The van der Waals surface area contributed by atoms with Gasteiger partial charge in [0.25, 0.3) is 10.0 Å². The van der Waals surface area contributed by atoms with Crippen LogP contribution >= 0.6 is 0 Å². The number of aromatic nitrogens is 3. The molecule has 0 saturated heterocycles. The van der Waals surface area contributed by atoms with Gasteiger partial charge in [-0.15, -0.1) is 4.98 Å². The zero-order valence-corrected chi connectivity index (χ0v) is 15.7. The molecule has 0 fully saturated rings. The van der Waals surface area contributed by atoms with E-state index in [9.17, 15) is 26.4 Å². The van der Waals surface area contributed by atoms with Crippen molar-refractivity contribution in [3.8, 4) is 12.0 Å². The second-order valence-electron chi connectivity index (χ2n) is 5.10. The van der Waals surface area contributed by atoms with Crippen molar-refractivity contribution in [2.75, 3.05) is 19.5 Å². The lowest BCUT2D eigenvalue weighted by atomic mass is 10.2. The molecule has 0 spiro atoms. The van der Waals surface area contributed by atoms with Gasteiger partial charge in [-0.2, -0.15) is 23.1 Å². The van der Waals surface area contributed by atoms with E-state index in [0.29, 0.717) is 6.08 Å². The third kappa shape index (κ3) is 6.31. The number of alkyl halides is 3. The van der Waals surface area contributed by atoms with E-state index in [0.717, 1.165) is 12.1 Å². The summed E-state index contributed by atoms with van der Waals surface area (Å²) in [6, 6.07) is 3.14. The molecule has 0 aliphatic heterocycles. The summed E-state index contributed by atoms with van der Waals surface area (Å²) in [5.41, 5.74) is -0.270. The number of carbonyl (C=O) groups excluding carboxylic acids is 1. The molecular formula is C15H14F3N5O5S. The average molecular weight is 433 g/mol. The second kappa shape index (κ2) is 8.72. The zero-order chi connectivity index (χ0) is 21.7. The highest BCUT2D eigenvalue weighted by molar-refractivity contribution is 7.90. The minimum Gasteiger partial charge on any atom is -0.467 e. The Balaban J connectivity index is 2.24. The first-order valence-corrected chi connectivity index (χ1v) is 9.05. The molecule has 0 aliphatic carbocycles. The van der Waals surface area contributed by atoms with Gasteiger partial charge in [0.15, 0.2) is 0 Å². The van der Waals surface area contributed by atoms with Crippen molar-refractivity contribution in [3.05, 3.63) is 35.9 Å². The number of anilines is 1. The number of carbonyl (C=O) groups is 1. The van der Waals surface area contributed by atoms with E-state index in [1.807, 2.05) is 5.32 Å². The summed E-state index contributed by atoms with van der Waals surface area (Å²) < 4.78 is 73.3. The Hall–Kier alpha value is -3.42. The van der Waals surface area contributed by atoms with Crippen LogP contribution in [0.15, 0.2) is 35.2 Å². The fraction of sp³-hybridized carbons (Fsp3) is 0.200. The number of amides is 2. The minimum absolute atomic E-state index is 0.120. The predicted octanol–water partition coefficient (Wildman–Crippen LogP) is 1.97. The van der Waals surface area contributed by atoms with Crippen LogP contribution in [0.25, 0.3) is 6.08 Å². The lowest BCUT2D eigenvalue weighted by Gasteiger charge is -2.11. The highest BCUT2D eigenvalue weighted by Crippen LogP contribution is 2.22. The monoisotopic (exact) mass is 433 g/mol. The lowest BCUT2D eigenvalue weighted by molar-refractivity contribution is -0.0790. The highest BCUT2D eigenvalue weighted by Gasteiger charge is 2.24. The third-order valence-electron chi connectivity index (χ3n) is 3.07. The van der Waals surface area contributed by atoms with Crippen LogP contribution in [0.4, 0.5) is 23.9 Å². The number of allylic oxidation sites excluding steroid dienone is 1. The van der Waals surface area contributed by atoms with Crippen LogP contribution in [-0.4, -0.2) is 49.8 Å². The molecule has 1 aromatic heterocycles. The summed E-state index contributed by atoms with van der Waals surface area (Å²) in [4.78, 5) is 22.6. The van der Waals surface area contributed by atoms with Gasteiger partial charge in [0.2, 0.25) is 5.95 Å². The number of nitrogens with zero attached hydrogens (tertiary/aromatic N) is 3. The molecular weight excluding hydrogens is 419 g/mol. The Morgan fingerprint density at radius 2 is 1.66 bits per heavy atom. The van der Waals surface area contributed by atoms with Crippen LogP contribution in [0.5, 0.6) is 12.0 Å². The molecule has 29 heavy (non-hydrogen) atoms. The molecule has 1 heterocycles. The summed E-state index contributed by atoms with van der Waals surface area (Å²) in [7, 11) is -2.03. The summed E-state index contributed by atoms with van der Waals surface area (Å²) in [5.74, 6) is -0.383. The maximum absolute atomic E-state index is 12.4. The Labute approximate surface area is 162 Å². The first kappa shape index (κ1) is 21.9. The molecule has 2 N–H and O–H groups in total. The minimum atomic E-state index is -4.64. The topological polar surface area (TPSA) is 132 Å². The summed E-state index contributed by atoms with van der Waals surface area (Å²) in [6.45, 7) is 0. The molecule has 0 radical (unpaired) electrons. The predicted molar refractivity (Wildman–Crippen MR) is 93.8 cm³/mol. The quantitative estimate of drug-likeness (QED) is 0.707. The van der Waals surface area contributed by atoms with Crippen LogP contribution in [0.1, 0.15) is 5.56 Å². The van der Waals surface area contributed by atoms with Gasteiger partial charge in [0.05, 0.1) is 19.1 Å². The molecule has 2 aromatic rings. The molecule has 0 bridgehead atoms.